The molecule has 158 valence electrons. The van der Waals surface area contributed by atoms with Crippen molar-refractivity contribution in [2.24, 2.45) is 0 Å². The molecular formula is C23H18F3N3OS. The first-order chi connectivity index (χ1) is 14.9. The summed E-state index contributed by atoms with van der Waals surface area (Å²) in [4.78, 5) is 23.8. The normalized spacial score (nSPS) is 11.6. The highest BCUT2D eigenvalue weighted by atomic mass is 32.1. The molecule has 4 rings (SSSR count). The molecule has 0 saturated heterocycles. The van der Waals surface area contributed by atoms with E-state index in [1.165, 1.54) is 28.4 Å². The van der Waals surface area contributed by atoms with Gasteiger partial charge in [-0.25, -0.2) is 4.98 Å². The van der Waals surface area contributed by atoms with Crippen molar-refractivity contribution in [1.82, 2.24) is 9.97 Å². The minimum Gasteiger partial charge on any atom is -0.278 e. The molecule has 1 amide bonds. The van der Waals surface area contributed by atoms with Gasteiger partial charge >= 0.3 is 6.18 Å². The van der Waals surface area contributed by atoms with Crippen molar-refractivity contribution in [2.45, 2.75) is 26.1 Å². The molecule has 0 N–H and O–H groups in total. The van der Waals surface area contributed by atoms with E-state index in [0.717, 1.165) is 34.3 Å². The third-order valence-corrected chi connectivity index (χ3v) is 5.90. The van der Waals surface area contributed by atoms with E-state index in [1.807, 2.05) is 31.2 Å². The average Bonchev–Trinajstić information content (AvgIpc) is 3.21. The lowest BCUT2D eigenvalue weighted by Gasteiger charge is -2.20. The highest BCUT2D eigenvalue weighted by Crippen LogP contribution is 2.33. The Balaban J connectivity index is 1.75. The highest BCUT2D eigenvalue weighted by Gasteiger charge is 2.31. The van der Waals surface area contributed by atoms with Crippen LogP contribution in [0.5, 0.6) is 0 Å². The number of alkyl halides is 3. The van der Waals surface area contributed by atoms with Crippen LogP contribution in [-0.4, -0.2) is 15.9 Å². The Hall–Kier alpha value is -3.26. The lowest BCUT2D eigenvalue weighted by molar-refractivity contribution is -0.137. The maximum Gasteiger partial charge on any atom is 0.416 e. The second-order valence-electron chi connectivity index (χ2n) is 6.90. The van der Waals surface area contributed by atoms with Gasteiger partial charge in [-0.05, 0) is 54.4 Å². The van der Waals surface area contributed by atoms with Crippen molar-refractivity contribution in [3.63, 3.8) is 0 Å². The predicted molar refractivity (Wildman–Crippen MR) is 115 cm³/mol. The standard InChI is InChI=1S/C23H18F3N3OS/c1-2-15-6-5-8-19-20(15)28-22(31-19)29(14-18-7-3-4-13-27-18)21(30)16-9-11-17(12-10-16)23(24,25)26/h3-13H,2,14H2,1H3. The minimum atomic E-state index is -4.46. The molecule has 0 aliphatic heterocycles. The van der Waals surface area contributed by atoms with Gasteiger partial charge in [0.2, 0.25) is 0 Å². The maximum atomic E-state index is 13.3. The van der Waals surface area contributed by atoms with E-state index in [9.17, 15) is 18.0 Å². The predicted octanol–water partition coefficient (Wildman–Crippen LogP) is 6.12. The number of para-hydroxylation sites is 1. The summed E-state index contributed by atoms with van der Waals surface area (Å²) < 4.78 is 39.7. The van der Waals surface area contributed by atoms with Crippen LogP contribution in [0.4, 0.5) is 18.3 Å². The topological polar surface area (TPSA) is 46.1 Å². The Kier molecular flexibility index (Phi) is 5.73. The van der Waals surface area contributed by atoms with Gasteiger partial charge in [0.1, 0.15) is 0 Å². The first-order valence-corrected chi connectivity index (χ1v) is 10.5. The van der Waals surface area contributed by atoms with Crippen LogP contribution in [0.2, 0.25) is 0 Å². The van der Waals surface area contributed by atoms with E-state index in [1.54, 1.807) is 18.3 Å². The van der Waals surface area contributed by atoms with E-state index >= 15 is 0 Å². The van der Waals surface area contributed by atoms with Gasteiger partial charge in [0.25, 0.3) is 5.91 Å². The van der Waals surface area contributed by atoms with E-state index in [-0.39, 0.29) is 12.1 Å². The summed E-state index contributed by atoms with van der Waals surface area (Å²) in [5.74, 6) is -0.434. The fourth-order valence-electron chi connectivity index (χ4n) is 3.23. The third kappa shape index (κ3) is 4.44. The van der Waals surface area contributed by atoms with Crippen LogP contribution in [0, 0.1) is 0 Å². The summed E-state index contributed by atoms with van der Waals surface area (Å²) in [6.07, 6.45) is -2.03. The lowest BCUT2D eigenvalue weighted by Crippen LogP contribution is -2.30. The van der Waals surface area contributed by atoms with E-state index < -0.39 is 17.6 Å². The number of pyridine rings is 1. The lowest BCUT2D eigenvalue weighted by atomic mass is 10.1. The van der Waals surface area contributed by atoms with Crippen LogP contribution in [-0.2, 0) is 19.1 Å². The minimum absolute atomic E-state index is 0.152. The number of aryl methyl sites for hydroxylation is 1. The molecule has 4 nitrogen and oxygen atoms in total. The molecule has 2 aromatic heterocycles. The summed E-state index contributed by atoms with van der Waals surface area (Å²) in [5.41, 5.74) is 1.90. The van der Waals surface area contributed by atoms with E-state index in [4.69, 9.17) is 4.98 Å². The second kappa shape index (κ2) is 8.47. The Morgan fingerprint density at radius 1 is 1.03 bits per heavy atom. The number of carbonyl (C=O) groups excluding carboxylic acids is 1. The zero-order valence-electron chi connectivity index (χ0n) is 16.6. The number of hydrogen-bond donors (Lipinski definition) is 0. The number of fused-ring (bicyclic) bond motifs is 1. The Labute approximate surface area is 181 Å². The van der Waals surface area contributed by atoms with Gasteiger partial charge in [-0.15, -0.1) is 0 Å². The second-order valence-corrected chi connectivity index (χ2v) is 7.91. The number of halogens is 3. The van der Waals surface area contributed by atoms with Crippen molar-refractivity contribution >= 4 is 32.6 Å². The molecule has 2 aromatic carbocycles. The van der Waals surface area contributed by atoms with Gasteiger partial charge < -0.3 is 0 Å². The summed E-state index contributed by atoms with van der Waals surface area (Å²) in [6, 6.07) is 15.5. The molecule has 0 fully saturated rings. The van der Waals surface area contributed by atoms with Crippen LogP contribution >= 0.6 is 11.3 Å². The quantitative estimate of drug-likeness (QED) is 0.375. The molecule has 31 heavy (non-hydrogen) atoms. The number of aromatic nitrogens is 2. The molecule has 0 bridgehead atoms. The van der Waals surface area contributed by atoms with Crippen LogP contribution in [0.25, 0.3) is 10.2 Å². The average molecular weight is 441 g/mol. The number of thiazole rings is 1. The zero-order valence-corrected chi connectivity index (χ0v) is 17.4. The first-order valence-electron chi connectivity index (χ1n) is 9.64. The molecule has 0 saturated carbocycles. The van der Waals surface area contributed by atoms with E-state index in [2.05, 4.69) is 4.98 Å². The summed E-state index contributed by atoms with van der Waals surface area (Å²) in [7, 11) is 0. The fraction of sp³-hybridized carbons (Fsp3) is 0.174. The number of anilines is 1. The van der Waals surface area contributed by atoms with Gasteiger partial charge in [0, 0.05) is 11.8 Å². The number of carbonyl (C=O) groups is 1. The van der Waals surface area contributed by atoms with Crippen LogP contribution < -0.4 is 4.90 Å². The Bertz CT molecular complexity index is 1200. The molecule has 0 radical (unpaired) electrons. The number of rotatable bonds is 5. The SMILES string of the molecule is CCc1cccc2sc(N(Cc3ccccn3)C(=O)c3ccc(C(F)(F)F)cc3)nc12. The van der Waals surface area contributed by atoms with Gasteiger partial charge in [-0.3, -0.25) is 14.7 Å². The number of benzene rings is 2. The Morgan fingerprint density at radius 3 is 2.45 bits per heavy atom. The van der Waals surface area contributed by atoms with Crippen molar-refractivity contribution < 1.29 is 18.0 Å². The molecular weight excluding hydrogens is 423 g/mol. The zero-order chi connectivity index (χ0) is 22.0. The van der Waals surface area contributed by atoms with Crippen molar-refractivity contribution in [1.29, 1.82) is 0 Å². The third-order valence-electron chi connectivity index (χ3n) is 4.85. The summed E-state index contributed by atoms with van der Waals surface area (Å²) in [5, 5.41) is 0.478. The van der Waals surface area contributed by atoms with Crippen molar-refractivity contribution in [2.75, 3.05) is 4.90 Å². The summed E-state index contributed by atoms with van der Waals surface area (Å²) in [6.45, 7) is 2.19. The fourth-order valence-corrected chi connectivity index (χ4v) is 4.24. The molecule has 0 spiro atoms. The molecule has 0 aliphatic rings. The molecule has 0 atom stereocenters. The van der Waals surface area contributed by atoms with Gasteiger partial charge in [0.15, 0.2) is 5.13 Å². The summed E-state index contributed by atoms with van der Waals surface area (Å²) >= 11 is 1.37. The first kappa shape index (κ1) is 21.0. The number of nitrogens with zero attached hydrogens (tertiary/aromatic N) is 3. The molecule has 4 aromatic rings. The maximum absolute atomic E-state index is 13.3. The smallest absolute Gasteiger partial charge is 0.278 e. The molecule has 2 heterocycles. The monoisotopic (exact) mass is 441 g/mol. The molecule has 0 aliphatic carbocycles. The highest BCUT2D eigenvalue weighted by molar-refractivity contribution is 7.22. The van der Waals surface area contributed by atoms with Gasteiger partial charge in [0.05, 0.1) is 28.0 Å². The van der Waals surface area contributed by atoms with Crippen LogP contribution in [0.15, 0.2) is 66.9 Å². The van der Waals surface area contributed by atoms with Crippen molar-refractivity contribution in [3.8, 4) is 0 Å². The van der Waals surface area contributed by atoms with Crippen molar-refractivity contribution in [3.05, 3.63) is 89.2 Å². The number of hydrogen-bond acceptors (Lipinski definition) is 4. The van der Waals surface area contributed by atoms with Crippen LogP contribution in [0.3, 0.4) is 0 Å². The van der Waals surface area contributed by atoms with Crippen LogP contribution in [0.1, 0.15) is 34.1 Å². The molecule has 0 unspecified atom stereocenters. The van der Waals surface area contributed by atoms with Gasteiger partial charge in [-0.2, -0.15) is 13.2 Å². The number of amides is 1. The van der Waals surface area contributed by atoms with Gasteiger partial charge in [-0.1, -0.05) is 36.5 Å². The molecule has 8 heteroatoms. The van der Waals surface area contributed by atoms with E-state index in [0.29, 0.717) is 10.8 Å². The largest absolute Gasteiger partial charge is 0.416 e. The Morgan fingerprint density at radius 2 is 1.81 bits per heavy atom.